The molecule has 2 aromatic rings. The molecule has 10 nitrogen and oxygen atoms in total. The van der Waals surface area contributed by atoms with Gasteiger partial charge in [0, 0.05) is 31.4 Å². The summed E-state index contributed by atoms with van der Waals surface area (Å²) >= 11 is 0. The summed E-state index contributed by atoms with van der Waals surface area (Å²) in [4.78, 5) is 44.4. The second-order valence-electron chi connectivity index (χ2n) is 8.40. The molecule has 2 atom stereocenters. The molecule has 2 aromatic heterocycles. The summed E-state index contributed by atoms with van der Waals surface area (Å²) < 4.78 is 1.41. The Bertz CT molecular complexity index is 931. The Hall–Kier alpha value is -3.17. The van der Waals surface area contributed by atoms with Gasteiger partial charge in [0.1, 0.15) is 5.69 Å². The Morgan fingerprint density at radius 1 is 1.38 bits per heavy atom. The zero-order valence-electron chi connectivity index (χ0n) is 16.8. The summed E-state index contributed by atoms with van der Waals surface area (Å²) in [5.41, 5.74) is -0.620. The van der Waals surface area contributed by atoms with E-state index >= 15 is 0 Å². The van der Waals surface area contributed by atoms with Crippen LogP contribution in [0.4, 0.5) is 10.5 Å². The molecule has 0 spiro atoms. The third-order valence-corrected chi connectivity index (χ3v) is 5.21. The number of likely N-dealkylation sites (tertiary alicyclic amines) is 1. The van der Waals surface area contributed by atoms with E-state index in [1.165, 1.54) is 15.8 Å². The van der Waals surface area contributed by atoms with Crippen molar-refractivity contribution < 1.29 is 14.7 Å². The Morgan fingerprint density at radius 2 is 2.14 bits per heavy atom. The minimum absolute atomic E-state index is 0.0465. The van der Waals surface area contributed by atoms with E-state index in [9.17, 15) is 19.5 Å². The topological polar surface area (TPSA) is 133 Å². The minimum atomic E-state index is -0.928. The lowest BCUT2D eigenvalue weighted by Gasteiger charge is -2.44. The molecule has 1 aliphatic heterocycles. The van der Waals surface area contributed by atoms with Gasteiger partial charge in [-0.1, -0.05) is 20.8 Å². The summed E-state index contributed by atoms with van der Waals surface area (Å²) in [5.74, 6) is 0.0165. The number of piperidine rings is 1. The van der Waals surface area contributed by atoms with E-state index in [1.54, 1.807) is 18.5 Å². The molecule has 156 valence electrons. The van der Waals surface area contributed by atoms with Crippen LogP contribution in [0.15, 0.2) is 29.5 Å². The molecule has 0 aliphatic carbocycles. The van der Waals surface area contributed by atoms with Crippen molar-refractivity contribution in [2.45, 2.75) is 46.1 Å². The van der Waals surface area contributed by atoms with Crippen molar-refractivity contribution >= 4 is 17.7 Å². The van der Waals surface area contributed by atoms with Crippen LogP contribution >= 0.6 is 0 Å². The van der Waals surface area contributed by atoms with Crippen molar-refractivity contribution in [1.29, 1.82) is 0 Å². The number of nitrogens with zero attached hydrogens (tertiary/aromatic N) is 4. The maximum atomic E-state index is 12.5. The van der Waals surface area contributed by atoms with Crippen molar-refractivity contribution in [2.24, 2.45) is 11.3 Å². The normalized spacial score (nSPS) is 19.8. The largest absolute Gasteiger partial charge is 0.465 e. The number of anilines is 1. The van der Waals surface area contributed by atoms with Crippen LogP contribution in [-0.4, -0.2) is 54.3 Å². The van der Waals surface area contributed by atoms with Gasteiger partial charge in [-0.2, -0.15) is 5.10 Å². The number of hydrogen-bond acceptors (Lipinski definition) is 5. The maximum absolute atomic E-state index is 12.5. The van der Waals surface area contributed by atoms with E-state index in [-0.39, 0.29) is 41.3 Å². The first-order chi connectivity index (χ1) is 13.6. The molecule has 0 aromatic carbocycles. The summed E-state index contributed by atoms with van der Waals surface area (Å²) in [6.07, 6.45) is 5.03. The zero-order valence-corrected chi connectivity index (χ0v) is 16.8. The lowest BCUT2D eigenvalue weighted by atomic mass is 9.76. The quantitative estimate of drug-likeness (QED) is 0.717. The van der Waals surface area contributed by atoms with Gasteiger partial charge in [-0.3, -0.25) is 14.6 Å². The van der Waals surface area contributed by atoms with Crippen molar-refractivity contribution in [3.05, 3.63) is 35.0 Å². The van der Waals surface area contributed by atoms with Gasteiger partial charge in [-0.05, 0) is 30.2 Å². The van der Waals surface area contributed by atoms with Crippen LogP contribution in [0, 0.1) is 11.3 Å². The monoisotopic (exact) mass is 402 g/mol. The van der Waals surface area contributed by atoms with E-state index in [2.05, 4.69) is 20.4 Å². The van der Waals surface area contributed by atoms with Crippen molar-refractivity contribution in [3.8, 4) is 5.95 Å². The van der Waals surface area contributed by atoms with Gasteiger partial charge in [-0.15, -0.1) is 0 Å². The number of rotatable bonds is 4. The van der Waals surface area contributed by atoms with Crippen LogP contribution in [0.25, 0.3) is 5.95 Å². The fourth-order valence-corrected chi connectivity index (χ4v) is 3.72. The molecule has 2 amide bonds. The highest BCUT2D eigenvalue weighted by Crippen LogP contribution is 2.35. The predicted octanol–water partition coefficient (Wildman–Crippen LogP) is 2.09. The van der Waals surface area contributed by atoms with Crippen LogP contribution in [0.5, 0.6) is 0 Å². The number of carboxylic acid groups (broad SMARTS) is 1. The van der Waals surface area contributed by atoms with Gasteiger partial charge in [0.25, 0.3) is 5.56 Å². The Balaban J connectivity index is 1.64. The summed E-state index contributed by atoms with van der Waals surface area (Å²) in [5, 5.41) is 16.1. The summed E-state index contributed by atoms with van der Waals surface area (Å²) in [6.45, 7) is 6.41. The van der Waals surface area contributed by atoms with Crippen LogP contribution in [0.1, 0.15) is 40.0 Å². The fraction of sp³-hybridized carbons (Fsp3) is 0.526. The average molecular weight is 402 g/mol. The zero-order chi connectivity index (χ0) is 21.2. The van der Waals surface area contributed by atoms with Gasteiger partial charge < -0.3 is 15.3 Å². The van der Waals surface area contributed by atoms with E-state index in [1.807, 2.05) is 20.8 Å². The fourth-order valence-electron chi connectivity index (χ4n) is 3.72. The number of hydrogen-bond donors (Lipinski definition) is 3. The number of amides is 2. The smallest absolute Gasteiger partial charge is 0.407 e. The van der Waals surface area contributed by atoms with E-state index in [4.69, 9.17) is 0 Å². The van der Waals surface area contributed by atoms with Crippen LogP contribution in [0.3, 0.4) is 0 Å². The standard InChI is InChI=1S/C19H26N6O4/c1-19(2,3)14-9-12(5-8-24(14)18(28)29)10-15(26)22-13-11-20-17(23-16(13)27)25-7-4-6-21-25/h4,6-7,11-12,14H,5,8-10H2,1-3H3,(H,22,26)(H,28,29)(H,20,23,27). The number of nitrogens with one attached hydrogen (secondary N) is 2. The number of carbonyl (C=O) groups excluding carboxylic acids is 1. The number of aromatic amines is 1. The highest BCUT2D eigenvalue weighted by atomic mass is 16.4. The van der Waals surface area contributed by atoms with Crippen molar-refractivity contribution in [2.75, 3.05) is 11.9 Å². The third kappa shape index (κ3) is 4.82. The molecule has 1 aliphatic rings. The SMILES string of the molecule is CC(C)(C)C1CC(CC(=O)Nc2cnc(-n3cccn3)[nH]c2=O)CCN1C(=O)O. The predicted molar refractivity (Wildman–Crippen MR) is 106 cm³/mol. The molecule has 0 saturated carbocycles. The average Bonchev–Trinajstić information content (AvgIpc) is 3.17. The molecule has 10 heteroatoms. The first-order valence-electron chi connectivity index (χ1n) is 9.54. The first kappa shape index (κ1) is 20.6. The molecular formula is C19H26N6O4. The van der Waals surface area contributed by atoms with Gasteiger partial charge in [0.05, 0.1) is 6.20 Å². The van der Waals surface area contributed by atoms with Crippen LogP contribution < -0.4 is 10.9 Å². The van der Waals surface area contributed by atoms with Crippen LogP contribution in [-0.2, 0) is 4.79 Å². The van der Waals surface area contributed by atoms with Crippen molar-refractivity contribution in [1.82, 2.24) is 24.6 Å². The van der Waals surface area contributed by atoms with Gasteiger partial charge in [-0.25, -0.2) is 14.5 Å². The van der Waals surface area contributed by atoms with Gasteiger partial charge in [0.15, 0.2) is 0 Å². The van der Waals surface area contributed by atoms with Crippen molar-refractivity contribution in [3.63, 3.8) is 0 Å². The van der Waals surface area contributed by atoms with Gasteiger partial charge >= 0.3 is 6.09 Å². The van der Waals surface area contributed by atoms with E-state index in [0.717, 1.165) is 0 Å². The molecule has 1 saturated heterocycles. The second kappa shape index (κ2) is 8.06. The lowest BCUT2D eigenvalue weighted by Crippen LogP contribution is -2.51. The third-order valence-electron chi connectivity index (χ3n) is 5.21. The highest BCUT2D eigenvalue weighted by Gasteiger charge is 2.39. The Labute approximate surface area is 167 Å². The molecule has 0 radical (unpaired) electrons. The molecule has 1 fully saturated rings. The second-order valence-corrected chi connectivity index (χ2v) is 8.40. The molecule has 3 N–H and O–H groups in total. The summed E-state index contributed by atoms with van der Waals surface area (Å²) in [7, 11) is 0. The molecular weight excluding hydrogens is 376 g/mol. The molecule has 0 bridgehead atoms. The van der Waals surface area contributed by atoms with Gasteiger partial charge in [0.2, 0.25) is 11.9 Å². The molecule has 3 rings (SSSR count). The maximum Gasteiger partial charge on any atom is 0.407 e. The van der Waals surface area contributed by atoms with Crippen LogP contribution in [0.2, 0.25) is 0 Å². The summed E-state index contributed by atoms with van der Waals surface area (Å²) in [6, 6.07) is 1.54. The van der Waals surface area contributed by atoms with E-state index in [0.29, 0.717) is 19.4 Å². The first-order valence-corrected chi connectivity index (χ1v) is 9.54. The highest BCUT2D eigenvalue weighted by molar-refractivity contribution is 5.90. The Morgan fingerprint density at radius 3 is 2.72 bits per heavy atom. The molecule has 29 heavy (non-hydrogen) atoms. The molecule has 3 heterocycles. The minimum Gasteiger partial charge on any atom is -0.465 e. The number of aromatic nitrogens is 4. The molecule has 2 unspecified atom stereocenters. The number of carbonyl (C=O) groups is 2. The van der Waals surface area contributed by atoms with E-state index < -0.39 is 11.7 Å². The Kier molecular flexibility index (Phi) is 5.71. The number of H-pyrrole nitrogens is 1. The lowest BCUT2D eigenvalue weighted by molar-refractivity contribution is -0.117.